The van der Waals surface area contributed by atoms with Crippen molar-refractivity contribution in [3.63, 3.8) is 0 Å². The molecule has 130 valence electrons. The van der Waals surface area contributed by atoms with Gasteiger partial charge in [-0.15, -0.1) is 0 Å². The van der Waals surface area contributed by atoms with E-state index in [1.54, 1.807) is 23.1 Å². The third-order valence-electron chi connectivity index (χ3n) is 4.21. The lowest BCUT2D eigenvalue weighted by Crippen LogP contribution is -2.30. The minimum absolute atomic E-state index is 0.103. The topological polar surface area (TPSA) is 62.3 Å². The summed E-state index contributed by atoms with van der Waals surface area (Å²) in [6.07, 6.45) is 2.75. The minimum Gasteiger partial charge on any atom is -0.350 e. The van der Waals surface area contributed by atoms with E-state index in [9.17, 15) is 9.59 Å². The van der Waals surface area contributed by atoms with E-state index >= 15 is 0 Å². The molecule has 6 heteroatoms. The first-order valence-corrected chi connectivity index (χ1v) is 8.80. The molecule has 0 radical (unpaired) electrons. The van der Waals surface area contributed by atoms with Gasteiger partial charge in [0.1, 0.15) is 11.4 Å². The molecule has 25 heavy (non-hydrogen) atoms. The van der Waals surface area contributed by atoms with Crippen LogP contribution in [-0.4, -0.2) is 41.3 Å². The van der Waals surface area contributed by atoms with Gasteiger partial charge in [0.25, 0.3) is 11.8 Å². The van der Waals surface area contributed by atoms with Gasteiger partial charge < -0.3 is 10.2 Å². The smallest absolute Gasteiger partial charge is 0.272 e. The Morgan fingerprint density at radius 2 is 1.72 bits per heavy atom. The molecule has 1 aromatic heterocycles. The summed E-state index contributed by atoms with van der Waals surface area (Å²) in [5, 5.41) is 3.53. The number of likely N-dealkylation sites (tertiary alicyclic amines) is 1. The second-order valence-corrected chi connectivity index (χ2v) is 6.48. The van der Waals surface area contributed by atoms with Crippen molar-refractivity contribution < 1.29 is 9.59 Å². The van der Waals surface area contributed by atoms with Crippen LogP contribution in [0.2, 0.25) is 5.02 Å². The largest absolute Gasteiger partial charge is 0.350 e. The van der Waals surface area contributed by atoms with Crippen molar-refractivity contribution in [2.75, 3.05) is 19.6 Å². The van der Waals surface area contributed by atoms with Crippen LogP contribution in [0.4, 0.5) is 0 Å². The van der Waals surface area contributed by atoms with E-state index in [-0.39, 0.29) is 17.5 Å². The van der Waals surface area contributed by atoms with Crippen molar-refractivity contribution in [2.45, 2.75) is 19.3 Å². The fourth-order valence-corrected chi connectivity index (χ4v) is 2.95. The SMILES string of the molecule is O=C(NCCc1ccc(Cl)cc1)c1cccc(C(=O)N2CCCC2)n1. The molecule has 1 saturated heterocycles. The molecule has 0 saturated carbocycles. The van der Waals surface area contributed by atoms with Crippen LogP contribution in [0.25, 0.3) is 0 Å². The van der Waals surface area contributed by atoms with E-state index in [1.165, 1.54) is 0 Å². The lowest BCUT2D eigenvalue weighted by Gasteiger charge is -2.14. The van der Waals surface area contributed by atoms with Crippen LogP contribution in [0, 0.1) is 0 Å². The lowest BCUT2D eigenvalue weighted by atomic mass is 10.1. The third kappa shape index (κ3) is 4.57. The molecule has 3 rings (SSSR count). The third-order valence-corrected chi connectivity index (χ3v) is 4.46. The fourth-order valence-electron chi connectivity index (χ4n) is 2.82. The number of aromatic nitrogens is 1. The summed E-state index contributed by atoms with van der Waals surface area (Å²) < 4.78 is 0. The predicted octanol–water partition coefficient (Wildman–Crippen LogP) is 2.94. The summed E-state index contributed by atoms with van der Waals surface area (Å²) in [5.41, 5.74) is 1.68. The van der Waals surface area contributed by atoms with Crippen molar-refractivity contribution in [1.82, 2.24) is 15.2 Å². The van der Waals surface area contributed by atoms with Gasteiger partial charge in [-0.1, -0.05) is 29.8 Å². The first-order chi connectivity index (χ1) is 12.1. The summed E-state index contributed by atoms with van der Waals surface area (Å²) >= 11 is 5.85. The van der Waals surface area contributed by atoms with Gasteiger partial charge in [-0.25, -0.2) is 4.98 Å². The van der Waals surface area contributed by atoms with Crippen molar-refractivity contribution >= 4 is 23.4 Å². The van der Waals surface area contributed by atoms with Gasteiger partial charge in [-0.3, -0.25) is 9.59 Å². The van der Waals surface area contributed by atoms with E-state index in [0.29, 0.717) is 23.7 Å². The maximum Gasteiger partial charge on any atom is 0.272 e. The average Bonchev–Trinajstić information content (AvgIpc) is 3.17. The van der Waals surface area contributed by atoms with Crippen LogP contribution in [0.5, 0.6) is 0 Å². The normalized spacial score (nSPS) is 13.7. The molecular weight excluding hydrogens is 338 g/mol. The molecular formula is C19H20ClN3O2. The molecule has 5 nitrogen and oxygen atoms in total. The van der Waals surface area contributed by atoms with E-state index in [0.717, 1.165) is 31.5 Å². The Morgan fingerprint density at radius 1 is 1.04 bits per heavy atom. The molecule has 0 bridgehead atoms. The average molecular weight is 358 g/mol. The van der Waals surface area contributed by atoms with Crippen molar-refractivity contribution in [2.24, 2.45) is 0 Å². The van der Waals surface area contributed by atoms with Gasteiger partial charge in [-0.05, 0) is 49.1 Å². The number of benzene rings is 1. The molecule has 1 aromatic carbocycles. The van der Waals surface area contributed by atoms with Crippen LogP contribution >= 0.6 is 11.6 Å². The second kappa shape index (κ2) is 8.12. The summed E-state index contributed by atoms with van der Waals surface area (Å²) in [4.78, 5) is 30.7. The van der Waals surface area contributed by atoms with Crippen molar-refractivity contribution in [3.8, 4) is 0 Å². The van der Waals surface area contributed by atoms with Gasteiger partial charge in [0, 0.05) is 24.7 Å². The van der Waals surface area contributed by atoms with E-state index in [1.807, 2.05) is 24.3 Å². The molecule has 0 atom stereocenters. The highest BCUT2D eigenvalue weighted by Gasteiger charge is 2.21. The Morgan fingerprint density at radius 3 is 2.44 bits per heavy atom. The van der Waals surface area contributed by atoms with Crippen LogP contribution in [0.15, 0.2) is 42.5 Å². The Balaban J connectivity index is 1.57. The Kier molecular flexibility index (Phi) is 5.66. The van der Waals surface area contributed by atoms with Gasteiger partial charge in [0.15, 0.2) is 0 Å². The molecule has 1 N–H and O–H groups in total. The molecule has 1 fully saturated rings. The monoisotopic (exact) mass is 357 g/mol. The van der Waals surface area contributed by atoms with Crippen LogP contribution < -0.4 is 5.32 Å². The number of amides is 2. The standard InChI is InChI=1S/C19H20ClN3O2/c20-15-8-6-14(7-9-15)10-11-21-18(24)16-4-3-5-17(22-16)19(25)23-12-1-2-13-23/h3-9H,1-2,10-13H2,(H,21,24). The number of pyridine rings is 1. The number of halogens is 1. The van der Waals surface area contributed by atoms with Crippen molar-refractivity contribution in [1.29, 1.82) is 0 Å². The maximum absolute atomic E-state index is 12.4. The summed E-state index contributed by atoms with van der Waals surface area (Å²) in [6, 6.07) is 12.5. The number of carbonyl (C=O) groups is 2. The molecule has 1 aliphatic rings. The Labute approximate surface area is 152 Å². The Bertz CT molecular complexity index is 756. The molecule has 1 aliphatic heterocycles. The molecule has 2 heterocycles. The first-order valence-electron chi connectivity index (χ1n) is 8.42. The minimum atomic E-state index is -0.273. The number of nitrogens with one attached hydrogen (secondary N) is 1. The number of hydrogen-bond donors (Lipinski definition) is 1. The van der Waals surface area contributed by atoms with Crippen LogP contribution in [0.1, 0.15) is 39.4 Å². The highest BCUT2D eigenvalue weighted by Crippen LogP contribution is 2.12. The maximum atomic E-state index is 12.4. The number of carbonyl (C=O) groups excluding carboxylic acids is 2. The highest BCUT2D eigenvalue weighted by molar-refractivity contribution is 6.30. The number of hydrogen-bond acceptors (Lipinski definition) is 3. The molecule has 2 amide bonds. The second-order valence-electron chi connectivity index (χ2n) is 6.04. The van der Waals surface area contributed by atoms with Crippen molar-refractivity contribution in [3.05, 3.63) is 64.4 Å². The van der Waals surface area contributed by atoms with E-state index < -0.39 is 0 Å². The van der Waals surface area contributed by atoms with Crippen LogP contribution in [-0.2, 0) is 6.42 Å². The molecule has 0 aliphatic carbocycles. The lowest BCUT2D eigenvalue weighted by molar-refractivity contribution is 0.0787. The number of rotatable bonds is 5. The van der Waals surface area contributed by atoms with E-state index in [2.05, 4.69) is 10.3 Å². The zero-order valence-corrected chi connectivity index (χ0v) is 14.6. The zero-order chi connectivity index (χ0) is 17.6. The first kappa shape index (κ1) is 17.4. The van der Waals surface area contributed by atoms with Gasteiger partial charge in [0.05, 0.1) is 0 Å². The van der Waals surface area contributed by atoms with Gasteiger partial charge in [0.2, 0.25) is 0 Å². The van der Waals surface area contributed by atoms with Crippen LogP contribution in [0.3, 0.4) is 0 Å². The predicted molar refractivity (Wildman–Crippen MR) is 96.9 cm³/mol. The summed E-state index contributed by atoms with van der Waals surface area (Å²) in [6.45, 7) is 2.02. The van der Waals surface area contributed by atoms with E-state index in [4.69, 9.17) is 11.6 Å². The van der Waals surface area contributed by atoms with Gasteiger partial charge >= 0.3 is 0 Å². The Hall–Kier alpha value is -2.40. The zero-order valence-electron chi connectivity index (χ0n) is 13.9. The molecule has 2 aromatic rings. The molecule has 0 unspecified atom stereocenters. The quantitative estimate of drug-likeness (QED) is 0.894. The number of nitrogens with zero attached hydrogens (tertiary/aromatic N) is 2. The highest BCUT2D eigenvalue weighted by atomic mass is 35.5. The summed E-state index contributed by atoms with van der Waals surface area (Å²) in [5.74, 6) is -0.377. The van der Waals surface area contributed by atoms with Gasteiger partial charge in [-0.2, -0.15) is 0 Å². The molecule has 0 spiro atoms. The fraction of sp³-hybridized carbons (Fsp3) is 0.316. The summed E-state index contributed by atoms with van der Waals surface area (Å²) in [7, 11) is 0.